The lowest BCUT2D eigenvalue weighted by Crippen LogP contribution is -2.12. The second-order valence-corrected chi connectivity index (χ2v) is 6.92. The van der Waals surface area contributed by atoms with Gasteiger partial charge in [-0.3, -0.25) is 4.79 Å². The van der Waals surface area contributed by atoms with Crippen molar-refractivity contribution in [2.45, 2.75) is 13.3 Å². The van der Waals surface area contributed by atoms with Crippen LogP contribution in [0.5, 0.6) is 0 Å². The normalized spacial score (nSPS) is 11.2. The average Bonchev–Trinajstić information content (AvgIpc) is 3.13. The summed E-state index contributed by atoms with van der Waals surface area (Å²) >= 11 is 5.85. The number of benzene rings is 2. The molecule has 2 aromatic carbocycles. The first-order valence-electron chi connectivity index (χ1n) is 8.73. The molecule has 0 aliphatic carbocycles. The molecule has 146 valence electrons. The third-order valence-corrected chi connectivity index (χ3v) is 4.67. The van der Waals surface area contributed by atoms with Crippen LogP contribution in [0, 0.1) is 6.92 Å². The quantitative estimate of drug-likeness (QED) is 0.478. The standard InChI is InChI=1S/C21H15ClF2N4O/c1-12-2-4-13(5-3-12)17-10-18(19(23)24)28-20(27-17)16(11-25-28)21(29)26-15-8-6-14(22)7-9-15/h2-11,19H,1H3,(H,26,29). The third kappa shape index (κ3) is 3.82. The molecule has 0 unspecified atom stereocenters. The topological polar surface area (TPSA) is 59.3 Å². The van der Waals surface area contributed by atoms with Crippen LogP contribution in [0.3, 0.4) is 0 Å². The van der Waals surface area contributed by atoms with E-state index in [0.717, 1.165) is 10.1 Å². The third-order valence-electron chi connectivity index (χ3n) is 4.42. The van der Waals surface area contributed by atoms with Crippen LogP contribution in [0.4, 0.5) is 14.5 Å². The fourth-order valence-corrected chi connectivity index (χ4v) is 3.03. The van der Waals surface area contributed by atoms with E-state index in [4.69, 9.17) is 11.6 Å². The summed E-state index contributed by atoms with van der Waals surface area (Å²) in [5, 5.41) is 7.19. The highest BCUT2D eigenvalue weighted by atomic mass is 35.5. The molecule has 0 spiro atoms. The van der Waals surface area contributed by atoms with E-state index in [-0.39, 0.29) is 16.9 Å². The SMILES string of the molecule is Cc1ccc(-c2cc(C(F)F)n3ncc(C(=O)Nc4ccc(Cl)cc4)c3n2)cc1. The molecule has 8 heteroatoms. The highest BCUT2D eigenvalue weighted by molar-refractivity contribution is 6.30. The molecule has 0 atom stereocenters. The Balaban J connectivity index is 1.79. The lowest BCUT2D eigenvalue weighted by atomic mass is 10.1. The van der Waals surface area contributed by atoms with Crippen molar-refractivity contribution in [1.82, 2.24) is 14.6 Å². The number of carbonyl (C=O) groups is 1. The summed E-state index contributed by atoms with van der Waals surface area (Å²) in [5.74, 6) is -0.504. The van der Waals surface area contributed by atoms with Crippen molar-refractivity contribution in [3.63, 3.8) is 0 Å². The maximum absolute atomic E-state index is 13.7. The molecule has 5 nitrogen and oxygen atoms in total. The molecule has 0 aliphatic rings. The minimum absolute atomic E-state index is 0.0600. The van der Waals surface area contributed by atoms with Crippen molar-refractivity contribution < 1.29 is 13.6 Å². The van der Waals surface area contributed by atoms with Crippen LogP contribution in [0.1, 0.15) is 28.0 Å². The second kappa shape index (κ2) is 7.60. The van der Waals surface area contributed by atoms with Crippen molar-refractivity contribution in [3.8, 4) is 11.3 Å². The van der Waals surface area contributed by atoms with Gasteiger partial charge in [-0.25, -0.2) is 18.3 Å². The molecule has 0 radical (unpaired) electrons. The van der Waals surface area contributed by atoms with Crippen LogP contribution in [-0.4, -0.2) is 20.5 Å². The van der Waals surface area contributed by atoms with Crippen LogP contribution in [-0.2, 0) is 0 Å². The van der Waals surface area contributed by atoms with E-state index in [1.807, 2.05) is 19.1 Å². The van der Waals surface area contributed by atoms with Crippen LogP contribution < -0.4 is 5.32 Å². The first-order valence-corrected chi connectivity index (χ1v) is 9.11. The Labute approximate surface area is 170 Å². The van der Waals surface area contributed by atoms with Crippen LogP contribution in [0.25, 0.3) is 16.9 Å². The smallest absolute Gasteiger partial charge is 0.280 e. The molecule has 0 bridgehead atoms. The molecular weight excluding hydrogens is 398 g/mol. The Kier molecular flexibility index (Phi) is 4.98. The molecule has 0 saturated carbocycles. The van der Waals surface area contributed by atoms with Crippen molar-refractivity contribution >= 4 is 28.8 Å². The van der Waals surface area contributed by atoms with E-state index in [1.165, 1.54) is 12.3 Å². The number of carbonyl (C=O) groups excluding carboxylic acids is 1. The Morgan fingerprint density at radius 1 is 1.10 bits per heavy atom. The lowest BCUT2D eigenvalue weighted by Gasteiger charge is -2.09. The molecule has 2 heterocycles. The van der Waals surface area contributed by atoms with E-state index < -0.39 is 12.3 Å². The van der Waals surface area contributed by atoms with Gasteiger partial charge in [-0.2, -0.15) is 5.10 Å². The van der Waals surface area contributed by atoms with Gasteiger partial charge in [0.25, 0.3) is 12.3 Å². The monoisotopic (exact) mass is 412 g/mol. The molecule has 0 fully saturated rings. The fourth-order valence-electron chi connectivity index (χ4n) is 2.91. The summed E-state index contributed by atoms with van der Waals surface area (Å²) in [5.41, 5.74) is 2.38. The van der Waals surface area contributed by atoms with Gasteiger partial charge in [0.1, 0.15) is 11.3 Å². The maximum atomic E-state index is 13.7. The fraction of sp³-hybridized carbons (Fsp3) is 0.0952. The van der Waals surface area contributed by atoms with E-state index in [9.17, 15) is 13.6 Å². The molecule has 29 heavy (non-hydrogen) atoms. The molecule has 0 aliphatic heterocycles. The minimum atomic E-state index is -2.78. The van der Waals surface area contributed by atoms with Gasteiger partial charge in [-0.15, -0.1) is 0 Å². The van der Waals surface area contributed by atoms with Crippen molar-refractivity contribution in [2.75, 3.05) is 5.32 Å². The van der Waals surface area contributed by atoms with Gasteiger partial charge in [0.15, 0.2) is 5.65 Å². The molecule has 1 amide bonds. The number of aryl methyl sites for hydroxylation is 1. The Morgan fingerprint density at radius 3 is 2.45 bits per heavy atom. The molecule has 4 aromatic rings. The number of rotatable bonds is 4. The van der Waals surface area contributed by atoms with Gasteiger partial charge in [0, 0.05) is 16.3 Å². The first-order chi connectivity index (χ1) is 13.9. The van der Waals surface area contributed by atoms with Gasteiger partial charge >= 0.3 is 0 Å². The minimum Gasteiger partial charge on any atom is -0.322 e. The van der Waals surface area contributed by atoms with Crippen molar-refractivity contribution in [2.24, 2.45) is 0 Å². The Bertz CT molecular complexity index is 1190. The van der Waals surface area contributed by atoms with Crippen LogP contribution in [0.15, 0.2) is 60.8 Å². The average molecular weight is 413 g/mol. The van der Waals surface area contributed by atoms with Crippen molar-refractivity contribution in [1.29, 1.82) is 0 Å². The predicted molar refractivity (Wildman–Crippen MR) is 108 cm³/mol. The molecule has 4 rings (SSSR count). The van der Waals surface area contributed by atoms with Crippen molar-refractivity contribution in [3.05, 3.63) is 82.6 Å². The van der Waals surface area contributed by atoms with E-state index >= 15 is 0 Å². The molecule has 2 aromatic heterocycles. The maximum Gasteiger partial charge on any atom is 0.280 e. The summed E-state index contributed by atoms with van der Waals surface area (Å²) in [6.07, 6.45) is -1.55. The van der Waals surface area contributed by atoms with E-state index in [0.29, 0.717) is 22.0 Å². The molecular formula is C21H15ClF2N4O. The zero-order valence-electron chi connectivity index (χ0n) is 15.2. The Morgan fingerprint density at radius 2 is 1.79 bits per heavy atom. The zero-order chi connectivity index (χ0) is 20.5. The summed E-state index contributed by atoms with van der Waals surface area (Å²) in [4.78, 5) is 17.2. The molecule has 0 saturated heterocycles. The number of hydrogen-bond acceptors (Lipinski definition) is 3. The number of nitrogens with one attached hydrogen (secondary N) is 1. The van der Waals surface area contributed by atoms with Gasteiger partial charge in [-0.05, 0) is 37.3 Å². The van der Waals surface area contributed by atoms with E-state index in [2.05, 4.69) is 15.4 Å². The number of anilines is 1. The summed E-state index contributed by atoms with van der Waals surface area (Å²) in [6.45, 7) is 1.93. The number of hydrogen-bond donors (Lipinski definition) is 1. The van der Waals surface area contributed by atoms with Gasteiger partial charge in [-0.1, -0.05) is 41.4 Å². The first kappa shape index (κ1) is 19.0. The number of aromatic nitrogens is 3. The van der Waals surface area contributed by atoms with Gasteiger partial charge in [0.2, 0.25) is 0 Å². The van der Waals surface area contributed by atoms with Gasteiger partial charge in [0.05, 0.1) is 11.9 Å². The number of fused-ring (bicyclic) bond motifs is 1. The number of halogens is 3. The summed E-state index contributed by atoms with van der Waals surface area (Å²) < 4.78 is 28.3. The van der Waals surface area contributed by atoms with Crippen LogP contribution in [0.2, 0.25) is 5.02 Å². The zero-order valence-corrected chi connectivity index (χ0v) is 16.0. The number of alkyl halides is 2. The van der Waals surface area contributed by atoms with E-state index in [1.54, 1.807) is 36.4 Å². The lowest BCUT2D eigenvalue weighted by molar-refractivity contribution is 0.102. The largest absolute Gasteiger partial charge is 0.322 e. The van der Waals surface area contributed by atoms with Gasteiger partial charge < -0.3 is 5.32 Å². The summed E-state index contributed by atoms with van der Waals surface area (Å²) in [6, 6.07) is 15.2. The molecule has 1 N–H and O–H groups in total. The Hall–Kier alpha value is -3.32. The number of nitrogens with zero attached hydrogens (tertiary/aromatic N) is 3. The summed E-state index contributed by atoms with van der Waals surface area (Å²) in [7, 11) is 0. The number of amides is 1. The second-order valence-electron chi connectivity index (χ2n) is 6.49. The van der Waals surface area contributed by atoms with Crippen LogP contribution >= 0.6 is 11.6 Å². The highest BCUT2D eigenvalue weighted by Gasteiger charge is 2.21. The highest BCUT2D eigenvalue weighted by Crippen LogP contribution is 2.27. The predicted octanol–water partition coefficient (Wildman–Crippen LogP) is 5.55.